The van der Waals surface area contributed by atoms with Gasteiger partial charge in [0.05, 0.1) is 12.7 Å². The van der Waals surface area contributed by atoms with Crippen LogP contribution in [0.4, 0.5) is 0 Å². The Morgan fingerprint density at radius 2 is 1.77 bits per heavy atom. The van der Waals surface area contributed by atoms with Gasteiger partial charge in [-0.3, -0.25) is 0 Å². The zero-order valence-corrected chi connectivity index (χ0v) is 8.96. The molecule has 0 aromatic heterocycles. The fraction of sp³-hybridized carbons (Fsp3) is 1.00. The van der Waals surface area contributed by atoms with Crippen molar-refractivity contribution in [2.75, 3.05) is 6.61 Å². The summed E-state index contributed by atoms with van der Waals surface area (Å²) in [6.07, 6.45) is 7.69. The molecule has 0 bridgehead atoms. The van der Waals surface area contributed by atoms with Crippen molar-refractivity contribution in [3.63, 3.8) is 0 Å². The van der Waals surface area contributed by atoms with Gasteiger partial charge in [0.15, 0.2) is 0 Å². The van der Waals surface area contributed by atoms with Gasteiger partial charge in [-0.2, -0.15) is 0 Å². The van der Waals surface area contributed by atoms with Gasteiger partial charge in [0.25, 0.3) is 0 Å². The molecule has 1 aliphatic heterocycles. The van der Waals surface area contributed by atoms with Gasteiger partial charge in [0.2, 0.25) is 0 Å². The number of hydrogen-bond donors (Lipinski definition) is 0. The van der Waals surface area contributed by atoms with E-state index in [-0.39, 0.29) is 0 Å². The Hall–Kier alpha value is -0.0400. The van der Waals surface area contributed by atoms with Crippen LogP contribution >= 0.6 is 0 Å². The molecule has 0 N–H and O–H groups in total. The lowest BCUT2D eigenvalue weighted by Gasteiger charge is -2.40. The van der Waals surface area contributed by atoms with Gasteiger partial charge in [0.1, 0.15) is 0 Å². The molecule has 1 aliphatic carbocycles. The maximum atomic E-state index is 5.91. The predicted molar refractivity (Wildman–Crippen MR) is 54.6 cm³/mol. The van der Waals surface area contributed by atoms with E-state index in [0.717, 1.165) is 18.4 Å². The zero-order chi connectivity index (χ0) is 9.26. The summed E-state index contributed by atoms with van der Waals surface area (Å²) in [4.78, 5) is 0. The second-order valence-corrected chi connectivity index (χ2v) is 5.16. The third-order valence-electron chi connectivity index (χ3n) is 3.87. The van der Waals surface area contributed by atoms with Crippen molar-refractivity contribution >= 4 is 0 Å². The van der Waals surface area contributed by atoms with E-state index in [9.17, 15) is 0 Å². The molecule has 1 heteroatoms. The van der Waals surface area contributed by atoms with E-state index in [1.54, 1.807) is 0 Å². The molecule has 0 spiro atoms. The van der Waals surface area contributed by atoms with Crippen LogP contribution in [0.3, 0.4) is 0 Å². The first kappa shape index (κ1) is 9.51. The molecule has 1 heterocycles. The van der Waals surface area contributed by atoms with Crippen molar-refractivity contribution < 1.29 is 4.74 Å². The second-order valence-electron chi connectivity index (χ2n) is 5.16. The maximum absolute atomic E-state index is 5.91. The molecule has 0 aromatic carbocycles. The van der Waals surface area contributed by atoms with E-state index in [0.29, 0.717) is 12.0 Å². The normalized spacial score (nSPS) is 40.4. The molecule has 0 amide bonds. The van der Waals surface area contributed by atoms with E-state index >= 15 is 0 Å². The summed E-state index contributed by atoms with van der Waals surface area (Å²) in [5, 5.41) is 0. The van der Waals surface area contributed by atoms with Crippen LogP contribution in [-0.4, -0.2) is 12.7 Å². The first-order chi connectivity index (χ1) is 6.27. The van der Waals surface area contributed by atoms with Gasteiger partial charge in [-0.1, -0.05) is 33.1 Å². The Kier molecular flexibility index (Phi) is 2.92. The average molecular weight is 182 g/mol. The molecule has 13 heavy (non-hydrogen) atoms. The van der Waals surface area contributed by atoms with Crippen molar-refractivity contribution in [2.24, 2.45) is 17.8 Å². The molecule has 3 unspecified atom stereocenters. The Bertz CT molecular complexity index is 165. The number of hydrogen-bond acceptors (Lipinski definition) is 1. The largest absolute Gasteiger partial charge is 0.378 e. The predicted octanol–water partition coefficient (Wildman–Crippen LogP) is 3.24. The summed E-state index contributed by atoms with van der Waals surface area (Å²) in [6, 6.07) is 0. The lowest BCUT2D eigenvalue weighted by Crippen LogP contribution is -2.37. The second kappa shape index (κ2) is 4.00. The molecule has 3 atom stereocenters. The van der Waals surface area contributed by atoms with E-state index in [1.807, 2.05) is 0 Å². The third-order valence-corrected chi connectivity index (χ3v) is 3.87. The molecular weight excluding hydrogens is 160 g/mol. The van der Waals surface area contributed by atoms with Crippen molar-refractivity contribution in [3.05, 3.63) is 0 Å². The summed E-state index contributed by atoms with van der Waals surface area (Å²) < 4.78 is 5.91. The highest BCUT2D eigenvalue weighted by Crippen LogP contribution is 2.38. The number of fused-ring (bicyclic) bond motifs is 1. The fourth-order valence-electron chi connectivity index (χ4n) is 2.89. The minimum Gasteiger partial charge on any atom is -0.378 e. The molecule has 76 valence electrons. The third kappa shape index (κ3) is 2.07. The highest BCUT2D eigenvalue weighted by molar-refractivity contribution is 4.83. The summed E-state index contributed by atoms with van der Waals surface area (Å²) in [5.74, 6) is 2.61. The summed E-state index contributed by atoms with van der Waals surface area (Å²) in [5.41, 5.74) is 0. The van der Waals surface area contributed by atoms with Crippen LogP contribution < -0.4 is 0 Å². The van der Waals surface area contributed by atoms with Crippen LogP contribution in [0.25, 0.3) is 0 Å². The minimum atomic E-state index is 0.555. The zero-order valence-electron chi connectivity index (χ0n) is 8.96. The quantitative estimate of drug-likeness (QED) is 0.605. The van der Waals surface area contributed by atoms with Crippen LogP contribution in [0, 0.1) is 17.8 Å². The van der Waals surface area contributed by atoms with Gasteiger partial charge in [-0.05, 0) is 30.6 Å². The van der Waals surface area contributed by atoms with Crippen LogP contribution in [-0.2, 0) is 4.74 Å². The lowest BCUT2D eigenvalue weighted by atomic mass is 9.74. The fourth-order valence-corrected chi connectivity index (χ4v) is 2.89. The first-order valence-electron chi connectivity index (χ1n) is 5.89. The van der Waals surface area contributed by atoms with Crippen LogP contribution in [0.1, 0.15) is 46.0 Å². The smallest absolute Gasteiger partial charge is 0.0600 e. The molecule has 2 rings (SSSR count). The van der Waals surface area contributed by atoms with Gasteiger partial charge < -0.3 is 4.74 Å². The number of rotatable bonds is 1. The van der Waals surface area contributed by atoms with Gasteiger partial charge in [-0.25, -0.2) is 0 Å². The van der Waals surface area contributed by atoms with Crippen molar-refractivity contribution in [2.45, 2.75) is 52.1 Å². The van der Waals surface area contributed by atoms with Gasteiger partial charge >= 0.3 is 0 Å². The lowest BCUT2D eigenvalue weighted by molar-refractivity contribution is -0.0783. The topological polar surface area (TPSA) is 9.23 Å². The number of ether oxygens (including phenoxy) is 1. The van der Waals surface area contributed by atoms with Crippen molar-refractivity contribution in [1.82, 2.24) is 0 Å². The summed E-state index contributed by atoms with van der Waals surface area (Å²) >= 11 is 0. The summed E-state index contributed by atoms with van der Waals surface area (Å²) in [6.45, 7) is 5.62. The standard InChI is InChI=1S/C12H22O/c1-9(2)12-7-10-5-3-4-6-11(10)8-13-12/h9-12H,3-8H2,1-2H3. The highest BCUT2D eigenvalue weighted by Gasteiger charge is 2.33. The van der Waals surface area contributed by atoms with Crippen molar-refractivity contribution in [1.29, 1.82) is 0 Å². The molecule has 2 aliphatic rings. The maximum Gasteiger partial charge on any atom is 0.0600 e. The van der Waals surface area contributed by atoms with E-state index < -0.39 is 0 Å². The Morgan fingerprint density at radius 1 is 1.08 bits per heavy atom. The highest BCUT2D eigenvalue weighted by atomic mass is 16.5. The van der Waals surface area contributed by atoms with Crippen molar-refractivity contribution in [3.8, 4) is 0 Å². The first-order valence-corrected chi connectivity index (χ1v) is 5.89. The van der Waals surface area contributed by atoms with Crippen LogP contribution in [0.15, 0.2) is 0 Å². The minimum absolute atomic E-state index is 0.555. The SMILES string of the molecule is CC(C)C1CC2CCCCC2CO1. The van der Waals surface area contributed by atoms with E-state index in [4.69, 9.17) is 4.74 Å². The molecule has 1 saturated heterocycles. The Balaban J connectivity index is 1.91. The van der Waals surface area contributed by atoms with E-state index in [1.165, 1.54) is 32.1 Å². The van der Waals surface area contributed by atoms with Crippen LogP contribution in [0.2, 0.25) is 0 Å². The monoisotopic (exact) mass is 182 g/mol. The molecular formula is C12H22O. The summed E-state index contributed by atoms with van der Waals surface area (Å²) in [7, 11) is 0. The van der Waals surface area contributed by atoms with E-state index in [2.05, 4.69) is 13.8 Å². The molecule has 0 aromatic rings. The molecule has 0 radical (unpaired) electrons. The van der Waals surface area contributed by atoms with Gasteiger partial charge in [0, 0.05) is 0 Å². The van der Waals surface area contributed by atoms with Gasteiger partial charge in [-0.15, -0.1) is 0 Å². The average Bonchev–Trinajstić information content (AvgIpc) is 2.17. The molecule has 1 nitrogen and oxygen atoms in total. The van der Waals surface area contributed by atoms with Crippen LogP contribution in [0.5, 0.6) is 0 Å². The molecule has 2 fully saturated rings. The Labute approximate surface area is 81.9 Å². The molecule has 1 saturated carbocycles. The Morgan fingerprint density at radius 3 is 2.46 bits per heavy atom.